The Labute approximate surface area is 463 Å². The molecule has 1 aliphatic rings. The number of hydrogen-bond acceptors (Lipinski definition) is 3. The maximum Gasteiger partial charge on any atom is 0.0541 e. The summed E-state index contributed by atoms with van der Waals surface area (Å²) in [5.74, 6) is 0. The van der Waals surface area contributed by atoms with Crippen LogP contribution in [0.1, 0.15) is 68.7 Å². The molecule has 7 aromatic carbocycles. The van der Waals surface area contributed by atoms with Gasteiger partial charge in [0.05, 0.1) is 11.0 Å². The highest BCUT2D eigenvalue weighted by molar-refractivity contribution is 7.79. The Bertz CT molecular complexity index is 3520. The van der Waals surface area contributed by atoms with Crippen molar-refractivity contribution in [2.75, 3.05) is 11.2 Å². The smallest absolute Gasteiger partial charge is 0.0541 e. The predicted molar refractivity (Wildman–Crippen MR) is 344 cm³/mol. The van der Waals surface area contributed by atoms with Gasteiger partial charge in [-0.15, -0.1) is 23.6 Å². The first-order valence-corrected chi connectivity index (χ1v) is 27.8. The molecule has 10 rings (SSSR count). The zero-order valence-corrected chi connectivity index (χ0v) is 47.5. The van der Waals surface area contributed by atoms with Gasteiger partial charge in [0.2, 0.25) is 0 Å². The summed E-state index contributed by atoms with van der Waals surface area (Å²) in [6.07, 6.45) is 15.7. The van der Waals surface area contributed by atoms with Gasteiger partial charge >= 0.3 is 0 Å². The van der Waals surface area contributed by atoms with Gasteiger partial charge in [0.15, 0.2) is 0 Å². The third-order valence-electron chi connectivity index (χ3n) is 12.9. The second kappa shape index (κ2) is 29.1. The molecule has 2 nitrogen and oxygen atoms in total. The summed E-state index contributed by atoms with van der Waals surface area (Å²) < 4.78 is 2.36. The molecule has 1 aliphatic carbocycles. The van der Waals surface area contributed by atoms with Crippen LogP contribution in [-0.2, 0) is 0 Å². The van der Waals surface area contributed by atoms with Crippen molar-refractivity contribution in [3.63, 3.8) is 0 Å². The average Bonchev–Trinajstić information content (AvgIpc) is 4.12. The monoisotopic (exact) mass is 1030 g/mol. The molecular weight excluding hydrogens is 957 g/mol. The predicted octanol–water partition coefficient (Wildman–Crippen LogP) is 22.0. The van der Waals surface area contributed by atoms with E-state index in [1.54, 1.807) is 23.7 Å². The van der Waals surface area contributed by atoms with E-state index in [-0.39, 0.29) is 0 Å². The normalized spacial score (nSPS) is 11.3. The molecule has 0 fully saturated rings. The molecule has 0 unspecified atom stereocenters. The molecule has 2 heterocycles. The number of para-hydroxylation sites is 3. The Morgan fingerprint density at radius 3 is 1.62 bits per heavy atom. The van der Waals surface area contributed by atoms with E-state index in [1.165, 1.54) is 87.9 Å². The van der Waals surface area contributed by atoms with Gasteiger partial charge in [-0.05, 0) is 182 Å². The van der Waals surface area contributed by atoms with Crippen LogP contribution < -0.4 is 4.90 Å². The van der Waals surface area contributed by atoms with Gasteiger partial charge in [-0.1, -0.05) is 184 Å². The number of fused-ring (bicyclic) bond motifs is 4. The van der Waals surface area contributed by atoms with E-state index in [0.717, 1.165) is 22.7 Å². The Hall–Kier alpha value is -8.11. The lowest BCUT2D eigenvalue weighted by molar-refractivity contribution is 1.18. The zero-order chi connectivity index (χ0) is 54.4. The fourth-order valence-corrected chi connectivity index (χ4v) is 9.98. The number of benzene rings is 7. The molecule has 0 atom stereocenters. The minimum atomic E-state index is 1.11. The van der Waals surface area contributed by atoms with Crippen molar-refractivity contribution in [3.8, 4) is 27.9 Å². The Balaban J connectivity index is 0.000000315. The largest absolute Gasteiger partial charge is 0.311 e. The molecule has 0 N–H and O–H groups in total. The third kappa shape index (κ3) is 13.8. The van der Waals surface area contributed by atoms with Crippen LogP contribution in [0, 0.1) is 13.8 Å². The summed E-state index contributed by atoms with van der Waals surface area (Å²) in [5, 5.41) is 4.70. The number of rotatable bonds is 10. The standard InChI is InChI=1S/C48H34N2S.C18H22.C3H6.C2H6.CH4S/c1-34-33-38(11-10-32-51-48-19-9-16-43(34)48)37-24-28-41(29-25-37)49(39-12-3-2-4-13-39)40-26-20-35(21-27-40)36-22-30-42(31-23-36)50-46-17-7-5-14-44(46)45-15-6-8-18-47(45)50;1-6-8-12-17(14(3)7-2)16(5)18-13-10-9-11-15(18)4;1-3-2;2*1-2/h2-8,10-33H,1H3;6-13H,1H2,2-5H3;3H,1H2,2H3;1-2H3;2H,1H3/b;12-8-,14-7+,17-16-;;;. The van der Waals surface area contributed by atoms with E-state index < -0.39 is 0 Å². The first kappa shape index (κ1) is 57.2. The maximum atomic E-state index is 3.74. The lowest BCUT2D eigenvalue weighted by atomic mass is 9.93. The van der Waals surface area contributed by atoms with Gasteiger partial charge in [-0.3, -0.25) is 0 Å². The summed E-state index contributed by atoms with van der Waals surface area (Å²) in [7, 11) is 0. The quantitative estimate of drug-likeness (QED) is 0.0621. The number of thiol groups is 1. The van der Waals surface area contributed by atoms with Gasteiger partial charge in [0.1, 0.15) is 0 Å². The minimum Gasteiger partial charge on any atom is -0.311 e. The fraction of sp³-hybridized carbons (Fsp3) is 0.125. The number of allylic oxidation sites excluding steroid dienone is 8. The molecule has 2 aromatic heterocycles. The Morgan fingerprint density at radius 1 is 0.566 bits per heavy atom. The number of aryl methyl sites for hydroxylation is 2. The highest BCUT2D eigenvalue weighted by Crippen LogP contribution is 2.38. The van der Waals surface area contributed by atoms with Crippen LogP contribution in [0.15, 0.2) is 260 Å². The molecule has 0 spiro atoms. The molecule has 9 aromatic rings. The molecule has 0 saturated carbocycles. The van der Waals surface area contributed by atoms with Crippen molar-refractivity contribution in [2.45, 2.75) is 55.4 Å². The van der Waals surface area contributed by atoms with Crippen LogP contribution in [-0.4, -0.2) is 10.8 Å². The van der Waals surface area contributed by atoms with Crippen LogP contribution in [0.25, 0.3) is 67.5 Å². The SMILES string of the molecule is C=CC.C=C\C=C/C(=C(\C)c1ccccc1C)C(/C)=C/C.CC.CS.Cc1cc(-c2ccc(N(c3ccccc3)c3ccc(-c4ccc(-n5c6ccccc6c6ccccc65)cc4)cc3)cc2)cccsc2c1C=C=C2. The van der Waals surface area contributed by atoms with Gasteiger partial charge in [0, 0.05) is 44.0 Å². The Kier molecular flexibility index (Phi) is 21.9. The number of hydrogen-bond donors (Lipinski definition) is 1. The first-order valence-electron chi connectivity index (χ1n) is 26.0. The second-order valence-corrected chi connectivity index (χ2v) is 18.6. The van der Waals surface area contributed by atoms with E-state index in [4.69, 9.17) is 0 Å². The van der Waals surface area contributed by atoms with Crippen molar-refractivity contribution in [1.82, 2.24) is 4.57 Å². The van der Waals surface area contributed by atoms with Gasteiger partial charge in [-0.2, -0.15) is 12.6 Å². The summed E-state index contributed by atoms with van der Waals surface area (Å²) >= 11 is 5.27. The van der Waals surface area contributed by atoms with Crippen molar-refractivity contribution in [3.05, 3.63) is 287 Å². The van der Waals surface area contributed by atoms with Crippen LogP contribution >= 0.6 is 24.0 Å². The van der Waals surface area contributed by atoms with E-state index in [9.17, 15) is 0 Å². The van der Waals surface area contributed by atoms with E-state index in [2.05, 4.69) is 299 Å². The Morgan fingerprint density at radius 2 is 1.07 bits per heavy atom. The van der Waals surface area contributed by atoms with Crippen LogP contribution in [0.5, 0.6) is 0 Å². The second-order valence-electron chi connectivity index (χ2n) is 17.6. The average molecular weight is 1030 g/mol. The van der Waals surface area contributed by atoms with Crippen molar-refractivity contribution < 1.29 is 0 Å². The lowest BCUT2D eigenvalue weighted by Crippen LogP contribution is -2.09. The summed E-state index contributed by atoms with van der Waals surface area (Å²) in [6, 6.07) is 69.7. The minimum absolute atomic E-state index is 1.11. The molecule has 0 aliphatic heterocycles. The molecular formula is C72H72N2S2. The maximum absolute atomic E-state index is 3.74. The van der Waals surface area contributed by atoms with Crippen LogP contribution in [0.4, 0.5) is 17.1 Å². The van der Waals surface area contributed by atoms with Crippen molar-refractivity contribution in [2.24, 2.45) is 0 Å². The molecule has 0 bridgehead atoms. The van der Waals surface area contributed by atoms with Crippen molar-refractivity contribution in [1.29, 1.82) is 0 Å². The van der Waals surface area contributed by atoms with Gasteiger partial charge < -0.3 is 9.47 Å². The highest BCUT2D eigenvalue weighted by Gasteiger charge is 2.15. The summed E-state index contributed by atoms with van der Waals surface area (Å²) in [4.78, 5) is 3.56. The summed E-state index contributed by atoms with van der Waals surface area (Å²) in [5.41, 5.74) is 23.9. The molecule has 76 heavy (non-hydrogen) atoms. The fourth-order valence-electron chi connectivity index (χ4n) is 9.19. The highest BCUT2D eigenvalue weighted by atomic mass is 32.1. The van der Waals surface area contributed by atoms with E-state index >= 15 is 0 Å². The lowest BCUT2D eigenvalue weighted by Gasteiger charge is -2.26. The number of anilines is 3. The van der Waals surface area contributed by atoms with Crippen LogP contribution in [0.2, 0.25) is 0 Å². The molecule has 4 heteroatoms. The zero-order valence-electron chi connectivity index (χ0n) is 45.8. The third-order valence-corrected chi connectivity index (χ3v) is 13.8. The van der Waals surface area contributed by atoms with Gasteiger partial charge in [-0.25, -0.2) is 0 Å². The summed E-state index contributed by atoms with van der Waals surface area (Å²) in [6.45, 7) is 23.7. The van der Waals surface area contributed by atoms with E-state index in [1.807, 2.05) is 32.9 Å². The molecule has 0 amide bonds. The molecule has 382 valence electrons. The first-order chi connectivity index (χ1) is 37.2. The number of nitrogens with zero attached hydrogens (tertiary/aromatic N) is 2. The van der Waals surface area contributed by atoms with Crippen molar-refractivity contribution >= 4 is 80.6 Å². The molecule has 0 saturated heterocycles. The topological polar surface area (TPSA) is 8.17 Å². The molecule has 0 radical (unpaired) electrons. The van der Waals surface area contributed by atoms with E-state index in [0.29, 0.717) is 0 Å². The number of aromatic nitrogens is 1. The van der Waals surface area contributed by atoms with Gasteiger partial charge in [0.25, 0.3) is 0 Å². The van der Waals surface area contributed by atoms with Crippen LogP contribution in [0.3, 0.4) is 0 Å².